The highest BCUT2D eigenvalue weighted by Crippen LogP contribution is 2.39. The molecule has 2 rings (SSSR count). The maximum atomic E-state index is 12.2. The molecule has 1 atom stereocenters. The van der Waals surface area contributed by atoms with E-state index in [1.807, 2.05) is 26.8 Å². The van der Waals surface area contributed by atoms with Gasteiger partial charge in [-0.1, -0.05) is 13.8 Å². The lowest BCUT2D eigenvalue weighted by atomic mass is 10.0. The van der Waals surface area contributed by atoms with Gasteiger partial charge in [0.15, 0.2) is 0 Å². The molecule has 18 heavy (non-hydrogen) atoms. The van der Waals surface area contributed by atoms with Crippen molar-refractivity contribution in [1.29, 1.82) is 0 Å². The first-order valence-electron chi connectivity index (χ1n) is 6.35. The Labute approximate surface area is 108 Å². The van der Waals surface area contributed by atoms with Crippen LogP contribution < -0.4 is 0 Å². The van der Waals surface area contributed by atoms with E-state index in [4.69, 9.17) is 9.15 Å². The van der Waals surface area contributed by atoms with Gasteiger partial charge in [0.05, 0.1) is 18.8 Å². The molecule has 1 aliphatic rings. The maximum absolute atomic E-state index is 12.2. The number of hydrogen-bond acceptors (Lipinski definition) is 3. The summed E-state index contributed by atoms with van der Waals surface area (Å²) >= 11 is 0. The topological polar surface area (TPSA) is 42.7 Å². The van der Waals surface area contributed by atoms with Crippen molar-refractivity contribution in [3.05, 3.63) is 23.7 Å². The number of nitrogens with zero attached hydrogens (tertiary/aromatic N) is 1. The molecule has 1 amide bonds. The van der Waals surface area contributed by atoms with E-state index in [0.29, 0.717) is 12.5 Å². The molecule has 0 spiro atoms. The number of carbonyl (C=O) groups excluding carboxylic acids is 1. The first kappa shape index (κ1) is 13.0. The number of hydrogen-bond donors (Lipinski definition) is 0. The third-order valence-electron chi connectivity index (χ3n) is 2.99. The van der Waals surface area contributed by atoms with E-state index in [-0.39, 0.29) is 12.1 Å². The van der Waals surface area contributed by atoms with Gasteiger partial charge < -0.3 is 9.15 Å². The van der Waals surface area contributed by atoms with E-state index in [0.717, 1.165) is 11.3 Å². The quantitative estimate of drug-likeness (QED) is 0.763. The van der Waals surface area contributed by atoms with Gasteiger partial charge in [-0.15, -0.1) is 0 Å². The van der Waals surface area contributed by atoms with Crippen LogP contribution in [-0.2, 0) is 11.3 Å². The zero-order valence-corrected chi connectivity index (χ0v) is 11.7. The van der Waals surface area contributed by atoms with Crippen molar-refractivity contribution in [2.45, 2.75) is 52.8 Å². The predicted molar refractivity (Wildman–Crippen MR) is 68.1 cm³/mol. The van der Waals surface area contributed by atoms with Crippen LogP contribution in [0.2, 0.25) is 0 Å². The third-order valence-corrected chi connectivity index (χ3v) is 2.99. The molecule has 2 heterocycles. The van der Waals surface area contributed by atoms with Gasteiger partial charge in [0, 0.05) is 5.56 Å². The number of furan rings is 1. The SMILES string of the molecule is CC(C)C1c2occc2CN1C(=O)OC(C)(C)C. The highest BCUT2D eigenvalue weighted by molar-refractivity contribution is 5.70. The van der Waals surface area contributed by atoms with Gasteiger partial charge in [0.1, 0.15) is 11.4 Å². The summed E-state index contributed by atoms with van der Waals surface area (Å²) in [6.45, 7) is 10.4. The fourth-order valence-corrected chi connectivity index (χ4v) is 2.32. The molecule has 0 fully saturated rings. The van der Waals surface area contributed by atoms with Gasteiger partial charge in [-0.2, -0.15) is 0 Å². The second kappa shape index (κ2) is 4.34. The van der Waals surface area contributed by atoms with Crippen LogP contribution in [0.25, 0.3) is 0 Å². The molecule has 1 aromatic heterocycles. The average Bonchev–Trinajstić information content (AvgIpc) is 2.70. The van der Waals surface area contributed by atoms with Crippen LogP contribution in [0.3, 0.4) is 0 Å². The summed E-state index contributed by atoms with van der Waals surface area (Å²) in [5.74, 6) is 1.20. The van der Waals surface area contributed by atoms with Crippen molar-refractivity contribution in [1.82, 2.24) is 4.90 Å². The normalized spacial score (nSPS) is 19.2. The lowest BCUT2D eigenvalue weighted by molar-refractivity contribution is 0.0108. The van der Waals surface area contributed by atoms with Crippen LogP contribution in [0.15, 0.2) is 16.7 Å². The number of amides is 1. The summed E-state index contributed by atoms with van der Waals surface area (Å²) in [6, 6.07) is 1.90. The molecule has 0 aliphatic carbocycles. The Morgan fingerprint density at radius 1 is 1.50 bits per heavy atom. The summed E-state index contributed by atoms with van der Waals surface area (Å²) in [5, 5.41) is 0. The smallest absolute Gasteiger partial charge is 0.411 e. The minimum Gasteiger partial charge on any atom is -0.467 e. The Hall–Kier alpha value is -1.45. The van der Waals surface area contributed by atoms with Crippen molar-refractivity contribution in [3.8, 4) is 0 Å². The molecule has 1 aromatic rings. The lowest BCUT2D eigenvalue weighted by Gasteiger charge is -2.30. The summed E-state index contributed by atoms with van der Waals surface area (Å²) < 4.78 is 11.0. The zero-order chi connectivity index (χ0) is 13.5. The Bertz CT molecular complexity index is 442. The van der Waals surface area contributed by atoms with Crippen molar-refractivity contribution >= 4 is 6.09 Å². The number of carbonyl (C=O) groups is 1. The van der Waals surface area contributed by atoms with Crippen LogP contribution in [0.5, 0.6) is 0 Å². The number of fused-ring (bicyclic) bond motifs is 1. The molecule has 4 heteroatoms. The van der Waals surface area contributed by atoms with E-state index in [1.165, 1.54) is 0 Å². The molecule has 0 saturated heterocycles. The molecule has 0 radical (unpaired) electrons. The molecular weight excluding hydrogens is 230 g/mol. The molecule has 0 N–H and O–H groups in total. The summed E-state index contributed by atoms with van der Waals surface area (Å²) in [6.07, 6.45) is 1.42. The standard InChI is InChI=1S/C14H21NO3/c1-9(2)11-12-10(6-7-17-12)8-15(11)13(16)18-14(3,4)5/h6-7,9,11H,8H2,1-5H3. The van der Waals surface area contributed by atoms with Crippen molar-refractivity contribution in [2.24, 2.45) is 5.92 Å². The van der Waals surface area contributed by atoms with Crippen molar-refractivity contribution in [3.63, 3.8) is 0 Å². The largest absolute Gasteiger partial charge is 0.467 e. The minimum absolute atomic E-state index is 0.0233. The van der Waals surface area contributed by atoms with Crippen LogP contribution in [-0.4, -0.2) is 16.6 Å². The van der Waals surface area contributed by atoms with Gasteiger partial charge in [-0.25, -0.2) is 4.79 Å². The predicted octanol–water partition coefficient (Wildman–Crippen LogP) is 3.73. The maximum Gasteiger partial charge on any atom is 0.411 e. The second-order valence-corrected chi connectivity index (χ2v) is 6.11. The van der Waals surface area contributed by atoms with Gasteiger partial charge in [-0.3, -0.25) is 4.90 Å². The molecule has 0 aromatic carbocycles. The average molecular weight is 251 g/mol. The summed E-state index contributed by atoms with van der Waals surface area (Å²) in [7, 11) is 0. The molecule has 1 unspecified atom stereocenters. The highest BCUT2D eigenvalue weighted by atomic mass is 16.6. The molecule has 0 bridgehead atoms. The number of rotatable bonds is 1. The van der Waals surface area contributed by atoms with Crippen LogP contribution in [0.4, 0.5) is 4.79 Å². The Morgan fingerprint density at radius 3 is 2.72 bits per heavy atom. The first-order chi connectivity index (χ1) is 8.29. The first-order valence-corrected chi connectivity index (χ1v) is 6.35. The van der Waals surface area contributed by atoms with E-state index < -0.39 is 5.60 Å². The Kier molecular flexibility index (Phi) is 3.13. The second-order valence-electron chi connectivity index (χ2n) is 6.11. The molecule has 0 saturated carbocycles. The van der Waals surface area contributed by atoms with Crippen LogP contribution in [0, 0.1) is 5.92 Å². The minimum atomic E-state index is -0.470. The van der Waals surface area contributed by atoms with Crippen LogP contribution >= 0.6 is 0 Å². The fraction of sp³-hybridized carbons (Fsp3) is 0.643. The van der Waals surface area contributed by atoms with E-state index >= 15 is 0 Å². The van der Waals surface area contributed by atoms with Gasteiger partial charge >= 0.3 is 6.09 Å². The number of ether oxygens (including phenoxy) is 1. The van der Waals surface area contributed by atoms with E-state index in [9.17, 15) is 4.79 Å². The summed E-state index contributed by atoms with van der Waals surface area (Å²) in [5.41, 5.74) is 0.613. The molecule has 1 aliphatic heterocycles. The molecule has 100 valence electrons. The van der Waals surface area contributed by atoms with Crippen molar-refractivity contribution in [2.75, 3.05) is 0 Å². The third kappa shape index (κ3) is 2.37. The van der Waals surface area contributed by atoms with Crippen molar-refractivity contribution < 1.29 is 13.9 Å². The zero-order valence-electron chi connectivity index (χ0n) is 11.7. The Balaban J connectivity index is 2.20. The van der Waals surface area contributed by atoms with Gasteiger partial charge in [-0.05, 0) is 32.8 Å². The highest BCUT2D eigenvalue weighted by Gasteiger charge is 2.40. The lowest BCUT2D eigenvalue weighted by Crippen LogP contribution is -2.37. The van der Waals surface area contributed by atoms with Gasteiger partial charge in [0.25, 0.3) is 0 Å². The Morgan fingerprint density at radius 2 is 2.17 bits per heavy atom. The van der Waals surface area contributed by atoms with Gasteiger partial charge in [0.2, 0.25) is 0 Å². The van der Waals surface area contributed by atoms with E-state index in [1.54, 1.807) is 11.2 Å². The monoisotopic (exact) mass is 251 g/mol. The van der Waals surface area contributed by atoms with Crippen LogP contribution in [0.1, 0.15) is 52.0 Å². The fourth-order valence-electron chi connectivity index (χ4n) is 2.32. The van der Waals surface area contributed by atoms with E-state index in [2.05, 4.69) is 13.8 Å². The molecule has 4 nitrogen and oxygen atoms in total. The molecular formula is C14H21NO3. The summed E-state index contributed by atoms with van der Waals surface area (Å²) in [4.78, 5) is 14.0.